The van der Waals surface area contributed by atoms with E-state index < -0.39 is 0 Å². The average Bonchev–Trinajstić information content (AvgIpc) is 2.41. The van der Waals surface area contributed by atoms with Crippen LogP contribution in [0.3, 0.4) is 0 Å². The van der Waals surface area contributed by atoms with Crippen molar-refractivity contribution in [3.63, 3.8) is 0 Å². The molecule has 0 aliphatic carbocycles. The third-order valence-corrected chi connectivity index (χ3v) is 3.19. The Labute approximate surface area is 116 Å². The van der Waals surface area contributed by atoms with Gasteiger partial charge in [0, 0.05) is 12.2 Å². The molecule has 0 aliphatic heterocycles. The molecule has 3 heteroatoms. The molecule has 0 saturated heterocycles. The number of nitrogens with one attached hydrogen (secondary N) is 1. The summed E-state index contributed by atoms with van der Waals surface area (Å²) in [6.45, 7) is 3.46. The summed E-state index contributed by atoms with van der Waals surface area (Å²) in [5, 5.41) is 3.38. The molecule has 2 aromatic rings. The van der Waals surface area contributed by atoms with E-state index in [1.807, 2.05) is 31.2 Å². The van der Waals surface area contributed by atoms with Crippen LogP contribution in [-0.2, 0) is 6.54 Å². The van der Waals surface area contributed by atoms with Gasteiger partial charge in [0.2, 0.25) is 0 Å². The summed E-state index contributed by atoms with van der Waals surface area (Å²) in [4.78, 5) is 0. The molecule has 18 heavy (non-hydrogen) atoms. The van der Waals surface area contributed by atoms with Crippen LogP contribution < -0.4 is 10.1 Å². The third kappa shape index (κ3) is 3.50. The van der Waals surface area contributed by atoms with Crippen LogP contribution >= 0.6 is 15.9 Å². The Morgan fingerprint density at radius 2 is 1.89 bits per heavy atom. The SMILES string of the molecule is CCOc1ccc(CNc2ccccc2)cc1Br. The quantitative estimate of drug-likeness (QED) is 0.880. The van der Waals surface area contributed by atoms with Gasteiger partial charge in [0.25, 0.3) is 0 Å². The highest BCUT2D eigenvalue weighted by molar-refractivity contribution is 9.10. The average molecular weight is 306 g/mol. The van der Waals surface area contributed by atoms with Gasteiger partial charge in [0.1, 0.15) is 5.75 Å². The van der Waals surface area contributed by atoms with Crippen LogP contribution in [0.2, 0.25) is 0 Å². The first-order valence-electron chi connectivity index (χ1n) is 5.99. The Kier molecular flexibility index (Phi) is 4.65. The van der Waals surface area contributed by atoms with Crippen LogP contribution in [0.25, 0.3) is 0 Å². The molecule has 0 saturated carbocycles. The monoisotopic (exact) mass is 305 g/mol. The number of anilines is 1. The number of halogens is 1. The summed E-state index contributed by atoms with van der Waals surface area (Å²) in [7, 11) is 0. The minimum atomic E-state index is 0.681. The molecule has 0 atom stereocenters. The molecule has 0 bridgehead atoms. The van der Waals surface area contributed by atoms with Crippen LogP contribution in [0, 0.1) is 0 Å². The smallest absolute Gasteiger partial charge is 0.133 e. The number of rotatable bonds is 5. The van der Waals surface area contributed by atoms with Crippen molar-refractivity contribution in [2.24, 2.45) is 0 Å². The van der Waals surface area contributed by atoms with Crippen molar-refractivity contribution in [2.75, 3.05) is 11.9 Å². The molecule has 2 nitrogen and oxygen atoms in total. The second-order valence-corrected chi connectivity index (χ2v) is 4.77. The lowest BCUT2D eigenvalue weighted by atomic mass is 10.2. The van der Waals surface area contributed by atoms with Gasteiger partial charge in [-0.05, 0) is 52.7 Å². The van der Waals surface area contributed by atoms with E-state index in [0.717, 1.165) is 22.5 Å². The molecule has 0 heterocycles. The van der Waals surface area contributed by atoms with Crippen molar-refractivity contribution in [3.8, 4) is 5.75 Å². The van der Waals surface area contributed by atoms with Gasteiger partial charge in [-0.15, -0.1) is 0 Å². The molecule has 0 aliphatic rings. The lowest BCUT2D eigenvalue weighted by Gasteiger charge is -2.09. The number of hydrogen-bond donors (Lipinski definition) is 1. The van der Waals surface area contributed by atoms with Crippen LogP contribution in [-0.4, -0.2) is 6.61 Å². The van der Waals surface area contributed by atoms with Gasteiger partial charge in [-0.2, -0.15) is 0 Å². The first-order valence-corrected chi connectivity index (χ1v) is 6.79. The fourth-order valence-electron chi connectivity index (χ4n) is 1.69. The largest absolute Gasteiger partial charge is 0.493 e. The minimum Gasteiger partial charge on any atom is -0.493 e. The van der Waals surface area contributed by atoms with E-state index in [0.29, 0.717) is 6.61 Å². The van der Waals surface area contributed by atoms with Crippen LogP contribution in [0.15, 0.2) is 53.0 Å². The molecule has 94 valence electrons. The van der Waals surface area contributed by atoms with Gasteiger partial charge in [-0.1, -0.05) is 24.3 Å². The predicted molar refractivity (Wildman–Crippen MR) is 79.1 cm³/mol. The molecule has 0 spiro atoms. The van der Waals surface area contributed by atoms with Gasteiger partial charge in [-0.3, -0.25) is 0 Å². The lowest BCUT2D eigenvalue weighted by molar-refractivity contribution is 0.338. The fraction of sp³-hybridized carbons (Fsp3) is 0.200. The maximum absolute atomic E-state index is 5.49. The van der Waals surface area contributed by atoms with Gasteiger partial charge in [0.15, 0.2) is 0 Å². The van der Waals surface area contributed by atoms with Crippen molar-refractivity contribution < 1.29 is 4.74 Å². The normalized spacial score (nSPS) is 10.1. The molecule has 0 unspecified atom stereocenters. The second-order valence-electron chi connectivity index (χ2n) is 3.92. The number of benzene rings is 2. The van der Waals surface area contributed by atoms with E-state index >= 15 is 0 Å². The zero-order valence-electron chi connectivity index (χ0n) is 10.3. The molecular formula is C15H16BrNO. The van der Waals surface area contributed by atoms with E-state index in [-0.39, 0.29) is 0 Å². The minimum absolute atomic E-state index is 0.681. The molecule has 2 aromatic carbocycles. The highest BCUT2D eigenvalue weighted by atomic mass is 79.9. The standard InChI is InChI=1S/C15H16BrNO/c1-2-18-15-9-8-12(10-14(15)16)11-17-13-6-4-3-5-7-13/h3-10,17H,2,11H2,1H3. The zero-order valence-corrected chi connectivity index (χ0v) is 11.9. The molecule has 2 rings (SSSR count). The third-order valence-electron chi connectivity index (χ3n) is 2.57. The van der Waals surface area contributed by atoms with Crippen molar-refractivity contribution in [1.82, 2.24) is 0 Å². The Balaban J connectivity index is 2.00. The van der Waals surface area contributed by atoms with Gasteiger partial charge in [-0.25, -0.2) is 0 Å². The number of ether oxygens (including phenoxy) is 1. The summed E-state index contributed by atoms with van der Waals surface area (Å²) in [6.07, 6.45) is 0. The Morgan fingerprint density at radius 3 is 2.56 bits per heavy atom. The number of hydrogen-bond acceptors (Lipinski definition) is 2. The molecule has 1 N–H and O–H groups in total. The van der Waals surface area contributed by atoms with Crippen molar-refractivity contribution in [2.45, 2.75) is 13.5 Å². The van der Waals surface area contributed by atoms with E-state index in [1.54, 1.807) is 0 Å². The highest BCUT2D eigenvalue weighted by Crippen LogP contribution is 2.26. The summed E-state index contributed by atoms with van der Waals surface area (Å²) in [5.74, 6) is 0.890. The van der Waals surface area contributed by atoms with Crippen LogP contribution in [0.4, 0.5) is 5.69 Å². The topological polar surface area (TPSA) is 21.3 Å². The van der Waals surface area contributed by atoms with Crippen molar-refractivity contribution in [3.05, 3.63) is 58.6 Å². The molecular weight excluding hydrogens is 290 g/mol. The van der Waals surface area contributed by atoms with Crippen molar-refractivity contribution in [1.29, 1.82) is 0 Å². The Hall–Kier alpha value is -1.48. The van der Waals surface area contributed by atoms with Gasteiger partial charge < -0.3 is 10.1 Å². The zero-order chi connectivity index (χ0) is 12.8. The Morgan fingerprint density at radius 1 is 1.11 bits per heavy atom. The summed E-state index contributed by atoms with van der Waals surface area (Å²) < 4.78 is 6.48. The summed E-state index contributed by atoms with van der Waals surface area (Å²) in [6, 6.07) is 16.3. The molecule has 0 fully saturated rings. The van der Waals surface area contributed by atoms with Crippen LogP contribution in [0.5, 0.6) is 5.75 Å². The van der Waals surface area contributed by atoms with Crippen molar-refractivity contribution >= 4 is 21.6 Å². The maximum atomic E-state index is 5.49. The van der Waals surface area contributed by atoms with Gasteiger partial charge >= 0.3 is 0 Å². The van der Waals surface area contributed by atoms with E-state index in [1.165, 1.54) is 5.56 Å². The highest BCUT2D eigenvalue weighted by Gasteiger charge is 2.02. The fourth-order valence-corrected chi connectivity index (χ4v) is 2.23. The Bertz CT molecular complexity index is 499. The van der Waals surface area contributed by atoms with E-state index in [4.69, 9.17) is 4.74 Å². The predicted octanol–water partition coefficient (Wildman–Crippen LogP) is 4.46. The van der Waals surface area contributed by atoms with E-state index in [9.17, 15) is 0 Å². The summed E-state index contributed by atoms with van der Waals surface area (Å²) >= 11 is 3.52. The molecule has 0 aromatic heterocycles. The van der Waals surface area contributed by atoms with Crippen LogP contribution in [0.1, 0.15) is 12.5 Å². The first kappa shape index (κ1) is 13.0. The lowest BCUT2D eigenvalue weighted by Crippen LogP contribution is -2.00. The van der Waals surface area contributed by atoms with E-state index in [2.05, 4.69) is 45.5 Å². The van der Waals surface area contributed by atoms with Gasteiger partial charge in [0.05, 0.1) is 11.1 Å². The number of para-hydroxylation sites is 1. The second kappa shape index (κ2) is 6.45. The first-order chi connectivity index (χ1) is 8.79. The summed E-state index contributed by atoms with van der Waals surface area (Å²) in [5.41, 5.74) is 2.34. The molecule has 0 amide bonds. The molecule has 0 radical (unpaired) electrons. The maximum Gasteiger partial charge on any atom is 0.133 e.